The number of esters is 1. The fraction of sp³-hybridized carbons (Fsp3) is 0.357. The highest BCUT2D eigenvalue weighted by Gasteiger charge is 2.17. The number of para-hydroxylation sites is 1. The van der Waals surface area contributed by atoms with Crippen molar-refractivity contribution in [3.8, 4) is 5.69 Å². The maximum absolute atomic E-state index is 11.7. The van der Waals surface area contributed by atoms with Crippen LogP contribution < -0.4 is 5.73 Å². The Morgan fingerprint density at radius 2 is 2.10 bits per heavy atom. The number of carbonyl (C=O) groups is 1. The maximum atomic E-state index is 11.7. The summed E-state index contributed by atoms with van der Waals surface area (Å²) < 4.78 is 6.42. The van der Waals surface area contributed by atoms with Crippen LogP contribution in [0.3, 0.4) is 0 Å². The van der Waals surface area contributed by atoms with Crippen LogP contribution in [0.5, 0.6) is 0 Å². The van der Waals surface area contributed by atoms with Gasteiger partial charge in [-0.2, -0.15) is 5.10 Å². The molecule has 1 aromatic heterocycles. The monoisotopic (exact) mass is 274 g/mol. The van der Waals surface area contributed by atoms with Gasteiger partial charge in [-0.1, -0.05) is 19.9 Å². The minimum atomic E-state index is -0.460. The van der Waals surface area contributed by atoms with E-state index in [1.165, 1.54) is 7.11 Å². The predicted octanol–water partition coefficient (Wildman–Crippen LogP) is 1.76. The van der Waals surface area contributed by atoms with Gasteiger partial charge in [0, 0.05) is 12.8 Å². The first kappa shape index (κ1) is 14.0. The summed E-state index contributed by atoms with van der Waals surface area (Å²) in [5, 5.41) is 4.43. The Bertz CT molecular complexity index is 634. The van der Waals surface area contributed by atoms with Gasteiger partial charge < -0.3 is 10.5 Å². The summed E-state index contributed by atoms with van der Waals surface area (Å²) in [4.78, 5) is 16.1. The van der Waals surface area contributed by atoms with E-state index in [1.807, 2.05) is 19.9 Å². The average Bonchev–Trinajstić information content (AvgIpc) is 2.90. The molecule has 0 bridgehead atoms. The molecule has 0 unspecified atom stereocenters. The summed E-state index contributed by atoms with van der Waals surface area (Å²) in [6.07, 6.45) is 1.48. The van der Waals surface area contributed by atoms with Crippen LogP contribution in [0.4, 0.5) is 5.69 Å². The molecule has 2 N–H and O–H groups in total. The second kappa shape index (κ2) is 5.73. The molecule has 0 saturated heterocycles. The largest absolute Gasteiger partial charge is 0.465 e. The molecule has 0 fully saturated rings. The molecule has 1 aromatic carbocycles. The van der Waals surface area contributed by atoms with E-state index in [0.29, 0.717) is 16.9 Å². The number of aromatic nitrogens is 3. The van der Waals surface area contributed by atoms with Gasteiger partial charge in [0.1, 0.15) is 5.82 Å². The van der Waals surface area contributed by atoms with Gasteiger partial charge in [-0.25, -0.2) is 14.5 Å². The number of nitrogens with zero attached hydrogens (tertiary/aromatic N) is 3. The Labute approximate surface area is 117 Å². The lowest BCUT2D eigenvalue weighted by Crippen LogP contribution is -2.11. The van der Waals surface area contributed by atoms with E-state index < -0.39 is 5.97 Å². The minimum Gasteiger partial charge on any atom is -0.465 e. The number of nitrogens with two attached hydrogens (primary N) is 1. The SMILES string of the molecule is CCc1nc(CC)n(-c2cccc(C(=O)OC)c2N)n1. The zero-order valence-electron chi connectivity index (χ0n) is 11.9. The lowest BCUT2D eigenvalue weighted by atomic mass is 10.1. The summed E-state index contributed by atoms with van der Waals surface area (Å²) in [5.74, 6) is 1.11. The summed E-state index contributed by atoms with van der Waals surface area (Å²) in [6.45, 7) is 3.99. The van der Waals surface area contributed by atoms with Gasteiger partial charge in [0.2, 0.25) is 0 Å². The van der Waals surface area contributed by atoms with Crippen LogP contribution in [0.15, 0.2) is 18.2 Å². The van der Waals surface area contributed by atoms with E-state index in [0.717, 1.165) is 24.5 Å². The molecule has 0 saturated carbocycles. The average molecular weight is 274 g/mol. The Morgan fingerprint density at radius 1 is 1.35 bits per heavy atom. The molecule has 2 rings (SSSR count). The summed E-state index contributed by atoms with van der Waals surface area (Å²) >= 11 is 0. The van der Waals surface area contributed by atoms with Crippen molar-refractivity contribution in [3.63, 3.8) is 0 Å². The van der Waals surface area contributed by atoms with Crippen molar-refractivity contribution >= 4 is 11.7 Å². The van der Waals surface area contributed by atoms with E-state index >= 15 is 0 Å². The van der Waals surface area contributed by atoms with Crippen LogP contribution >= 0.6 is 0 Å². The number of benzene rings is 1. The van der Waals surface area contributed by atoms with Crippen molar-refractivity contribution in [3.05, 3.63) is 35.4 Å². The molecule has 0 amide bonds. The van der Waals surface area contributed by atoms with Gasteiger partial charge in [-0.15, -0.1) is 0 Å². The van der Waals surface area contributed by atoms with Crippen LogP contribution in [-0.4, -0.2) is 27.8 Å². The van der Waals surface area contributed by atoms with E-state index in [-0.39, 0.29) is 0 Å². The molecule has 2 aromatic rings. The highest BCUT2D eigenvalue weighted by atomic mass is 16.5. The van der Waals surface area contributed by atoms with E-state index in [4.69, 9.17) is 10.5 Å². The third kappa shape index (κ3) is 2.36. The minimum absolute atomic E-state index is 0.334. The first-order chi connectivity index (χ1) is 9.62. The fourth-order valence-electron chi connectivity index (χ4n) is 1.99. The first-order valence-corrected chi connectivity index (χ1v) is 6.54. The third-order valence-electron chi connectivity index (χ3n) is 3.07. The normalized spacial score (nSPS) is 10.6. The predicted molar refractivity (Wildman–Crippen MR) is 75.9 cm³/mol. The fourth-order valence-corrected chi connectivity index (χ4v) is 1.99. The smallest absolute Gasteiger partial charge is 0.340 e. The van der Waals surface area contributed by atoms with Crippen molar-refractivity contribution < 1.29 is 9.53 Å². The summed E-state index contributed by atoms with van der Waals surface area (Å²) in [7, 11) is 1.33. The van der Waals surface area contributed by atoms with Gasteiger partial charge in [0.25, 0.3) is 0 Å². The number of aryl methyl sites for hydroxylation is 2. The van der Waals surface area contributed by atoms with Crippen molar-refractivity contribution in [2.24, 2.45) is 0 Å². The third-order valence-corrected chi connectivity index (χ3v) is 3.07. The molecule has 0 atom stereocenters. The van der Waals surface area contributed by atoms with Crippen molar-refractivity contribution in [1.82, 2.24) is 14.8 Å². The standard InChI is InChI=1S/C14H18N4O2/c1-4-11-16-12(5-2)18(17-11)10-8-6-7-9(13(10)15)14(19)20-3/h6-8H,4-5,15H2,1-3H3. The number of methoxy groups -OCH3 is 1. The molecule has 0 spiro atoms. The summed E-state index contributed by atoms with van der Waals surface area (Å²) in [5.41, 5.74) is 7.41. The van der Waals surface area contributed by atoms with Crippen LogP contribution in [0.1, 0.15) is 35.9 Å². The van der Waals surface area contributed by atoms with Crippen LogP contribution in [0.2, 0.25) is 0 Å². The Hall–Kier alpha value is -2.37. The second-order valence-corrected chi connectivity index (χ2v) is 4.29. The number of hydrogen-bond donors (Lipinski definition) is 1. The molecule has 0 radical (unpaired) electrons. The number of carbonyl (C=O) groups excluding carboxylic acids is 1. The molecule has 6 nitrogen and oxygen atoms in total. The number of rotatable bonds is 4. The van der Waals surface area contributed by atoms with Crippen molar-refractivity contribution in [2.75, 3.05) is 12.8 Å². The number of ether oxygens (including phenoxy) is 1. The molecule has 6 heteroatoms. The molecule has 0 aliphatic carbocycles. The topological polar surface area (TPSA) is 83.0 Å². The van der Waals surface area contributed by atoms with Gasteiger partial charge in [0.05, 0.1) is 24.0 Å². The Balaban J connectivity index is 2.58. The Kier molecular flexibility index (Phi) is 4.02. The van der Waals surface area contributed by atoms with Crippen molar-refractivity contribution in [2.45, 2.75) is 26.7 Å². The molecular formula is C14H18N4O2. The second-order valence-electron chi connectivity index (χ2n) is 4.29. The van der Waals surface area contributed by atoms with Crippen LogP contribution in [-0.2, 0) is 17.6 Å². The zero-order chi connectivity index (χ0) is 14.7. The van der Waals surface area contributed by atoms with Gasteiger partial charge in [-0.05, 0) is 12.1 Å². The molecule has 0 aliphatic rings. The summed E-state index contributed by atoms with van der Waals surface area (Å²) in [6, 6.07) is 5.20. The zero-order valence-corrected chi connectivity index (χ0v) is 11.9. The quantitative estimate of drug-likeness (QED) is 0.678. The van der Waals surface area contributed by atoms with Crippen LogP contribution in [0.25, 0.3) is 5.69 Å². The highest BCUT2D eigenvalue weighted by molar-refractivity contribution is 5.97. The molecule has 1 heterocycles. The van der Waals surface area contributed by atoms with Crippen molar-refractivity contribution in [1.29, 1.82) is 0 Å². The van der Waals surface area contributed by atoms with E-state index in [2.05, 4.69) is 10.1 Å². The lowest BCUT2D eigenvalue weighted by Gasteiger charge is -2.10. The lowest BCUT2D eigenvalue weighted by molar-refractivity contribution is 0.0602. The molecule has 106 valence electrons. The number of anilines is 1. The van der Waals surface area contributed by atoms with E-state index in [9.17, 15) is 4.79 Å². The van der Waals surface area contributed by atoms with Gasteiger partial charge in [-0.3, -0.25) is 0 Å². The molecular weight excluding hydrogens is 256 g/mol. The van der Waals surface area contributed by atoms with Gasteiger partial charge >= 0.3 is 5.97 Å². The maximum Gasteiger partial charge on any atom is 0.340 e. The highest BCUT2D eigenvalue weighted by Crippen LogP contribution is 2.23. The molecule has 0 aliphatic heterocycles. The van der Waals surface area contributed by atoms with E-state index in [1.54, 1.807) is 16.8 Å². The first-order valence-electron chi connectivity index (χ1n) is 6.54. The van der Waals surface area contributed by atoms with Gasteiger partial charge in [0.15, 0.2) is 5.82 Å². The number of nitrogen functional groups attached to an aromatic ring is 1. The molecule has 20 heavy (non-hydrogen) atoms. The number of hydrogen-bond acceptors (Lipinski definition) is 5. The van der Waals surface area contributed by atoms with Crippen LogP contribution in [0, 0.1) is 0 Å². The Morgan fingerprint density at radius 3 is 2.70 bits per heavy atom.